The van der Waals surface area contributed by atoms with Gasteiger partial charge in [-0.3, -0.25) is 10.1 Å². The summed E-state index contributed by atoms with van der Waals surface area (Å²) < 4.78 is 0. The maximum atomic E-state index is 13.1. The molecule has 4 nitrogen and oxygen atoms in total. The van der Waals surface area contributed by atoms with Crippen LogP contribution in [0.1, 0.15) is 30.0 Å². The van der Waals surface area contributed by atoms with Crippen molar-refractivity contribution in [1.82, 2.24) is 10.2 Å². The minimum atomic E-state index is -0.557. The minimum absolute atomic E-state index is 0.0580. The van der Waals surface area contributed by atoms with Gasteiger partial charge in [0.05, 0.1) is 6.04 Å². The summed E-state index contributed by atoms with van der Waals surface area (Å²) >= 11 is 6.27. The van der Waals surface area contributed by atoms with Gasteiger partial charge in [-0.15, -0.1) is 0 Å². The Morgan fingerprint density at radius 2 is 1.84 bits per heavy atom. The Bertz CT molecular complexity index is 785. The maximum absolute atomic E-state index is 13.1. The third-order valence-electron chi connectivity index (χ3n) is 5.40. The van der Waals surface area contributed by atoms with Crippen molar-refractivity contribution < 1.29 is 4.79 Å². The normalized spacial score (nSPS) is 23.0. The fourth-order valence-electron chi connectivity index (χ4n) is 3.83. The summed E-state index contributed by atoms with van der Waals surface area (Å²) in [6, 6.07) is 15.9. The van der Waals surface area contributed by atoms with E-state index in [0.29, 0.717) is 5.02 Å². The molecule has 2 aliphatic rings. The molecule has 0 aromatic heterocycles. The summed E-state index contributed by atoms with van der Waals surface area (Å²) in [4.78, 5) is 15.4. The molecular weight excluding hydrogens is 334 g/mol. The largest absolute Gasteiger partial charge is 0.324 e. The van der Waals surface area contributed by atoms with Crippen LogP contribution in [0.25, 0.3) is 0 Å². The standard InChI is InChI=1S/C20H22ClN3O/c1-24-11-9-20(10-12-24)19(25)22-17-8-7-15(21)13-16(17)18(23-20)14-5-3-2-4-6-14/h2-8,13,18,23H,9-12H2,1H3,(H,22,25). The molecule has 0 radical (unpaired) electrons. The van der Waals surface area contributed by atoms with Crippen LogP contribution in [0.3, 0.4) is 0 Å². The average molecular weight is 356 g/mol. The molecule has 5 heteroatoms. The van der Waals surface area contributed by atoms with Gasteiger partial charge in [0.1, 0.15) is 5.54 Å². The first-order valence-electron chi connectivity index (χ1n) is 8.69. The van der Waals surface area contributed by atoms with Crippen molar-refractivity contribution in [2.75, 3.05) is 25.5 Å². The Kier molecular flexibility index (Phi) is 4.28. The van der Waals surface area contributed by atoms with Crippen LogP contribution in [0.4, 0.5) is 5.69 Å². The van der Waals surface area contributed by atoms with Crippen molar-refractivity contribution in [3.05, 3.63) is 64.7 Å². The lowest BCUT2D eigenvalue weighted by Gasteiger charge is -2.40. The third-order valence-corrected chi connectivity index (χ3v) is 5.64. The summed E-state index contributed by atoms with van der Waals surface area (Å²) in [6.45, 7) is 1.80. The van der Waals surface area contributed by atoms with E-state index in [-0.39, 0.29) is 11.9 Å². The van der Waals surface area contributed by atoms with Crippen molar-refractivity contribution in [2.24, 2.45) is 0 Å². The number of rotatable bonds is 1. The highest BCUT2D eigenvalue weighted by Gasteiger charge is 2.45. The van der Waals surface area contributed by atoms with E-state index in [0.717, 1.165) is 42.7 Å². The fourth-order valence-corrected chi connectivity index (χ4v) is 4.01. The number of fused-ring (bicyclic) bond motifs is 1. The molecule has 130 valence electrons. The molecule has 2 aromatic rings. The van der Waals surface area contributed by atoms with E-state index >= 15 is 0 Å². The SMILES string of the molecule is CN1CCC2(CC1)NC(c1ccccc1)c1cc(Cl)ccc1NC2=O. The van der Waals surface area contributed by atoms with E-state index in [9.17, 15) is 4.79 Å². The number of carbonyl (C=O) groups is 1. The second kappa shape index (κ2) is 6.45. The zero-order valence-electron chi connectivity index (χ0n) is 14.3. The van der Waals surface area contributed by atoms with Crippen LogP contribution < -0.4 is 10.6 Å². The van der Waals surface area contributed by atoms with Crippen LogP contribution in [0.2, 0.25) is 5.02 Å². The molecule has 2 aliphatic heterocycles. The lowest BCUT2D eigenvalue weighted by atomic mass is 9.85. The molecule has 2 aromatic carbocycles. The van der Waals surface area contributed by atoms with Gasteiger partial charge < -0.3 is 10.2 Å². The first kappa shape index (κ1) is 16.6. The Balaban J connectivity index is 1.82. The Morgan fingerprint density at radius 3 is 2.56 bits per heavy atom. The van der Waals surface area contributed by atoms with Crippen molar-refractivity contribution in [3.63, 3.8) is 0 Å². The number of likely N-dealkylation sites (tertiary alicyclic amines) is 1. The Hall–Kier alpha value is -1.88. The molecule has 1 fully saturated rings. The van der Waals surface area contributed by atoms with Gasteiger partial charge >= 0.3 is 0 Å². The van der Waals surface area contributed by atoms with Crippen molar-refractivity contribution in [1.29, 1.82) is 0 Å². The smallest absolute Gasteiger partial charge is 0.244 e. The molecular formula is C20H22ClN3O. The molecule has 2 heterocycles. The van der Waals surface area contributed by atoms with E-state index < -0.39 is 5.54 Å². The molecule has 0 bridgehead atoms. The second-order valence-electron chi connectivity index (χ2n) is 7.06. The number of nitrogens with one attached hydrogen (secondary N) is 2. The van der Waals surface area contributed by atoms with E-state index in [1.807, 2.05) is 36.4 Å². The van der Waals surface area contributed by atoms with Gasteiger partial charge in [0.15, 0.2) is 0 Å². The zero-order chi connectivity index (χ0) is 17.4. The number of carbonyl (C=O) groups excluding carboxylic acids is 1. The van der Waals surface area contributed by atoms with Crippen LogP contribution >= 0.6 is 11.6 Å². The number of benzene rings is 2. The van der Waals surface area contributed by atoms with Gasteiger partial charge in [-0.25, -0.2) is 0 Å². The number of anilines is 1. The molecule has 1 saturated heterocycles. The summed E-state index contributed by atoms with van der Waals surface area (Å²) in [5, 5.41) is 7.53. The topological polar surface area (TPSA) is 44.4 Å². The molecule has 1 unspecified atom stereocenters. The molecule has 4 rings (SSSR count). The van der Waals surface area contributed by atoms with Gasteiger partial charge in [-0.1, -0.05) is 41.9 Å². The number of halogens is 1. The summed E-state index contributed by atoms with van der Waals surface area (Å²) in [7, 11) is 2.10. The highest BCUT2D eigenvalue weighted by atomic mass is 35.5. The number of piperidine rings is 1. The third kappa shape index (κ3) is 3.06. The zero-order valence-corrected chi connectivity index (χ0v) is 15.0. The van der Waals surface area contributed by atoms with E-state index in [1.54, 1.807) is 0 Å². The Labute approximate surface area is 153 Å². The van der Waals surface area contributed by atoms with E-state index in [4.69, 9.17) is 11.6 Å². The number of nitrogens with zero attached hydrogens (tertiary/aromatic N) is 1. The minimum Gasteiger partial charge on any atom is -0.324 e. The van der Waals surface area contributed by atoms with Gasteiger partial charge in [0.25, 0.3) is 0 Å². The van der Waals surface area contributed by atoms with Crippen molar-refractivity contribution in [2.45, 2.75) is 24.4 Å². The average Bonchev–Trinajstić information content (AvgIpc) is 2.74. The van der Waals surface area contributed by atoms with Crippen LogP contribution in [-0.4, -0.2) is 36.5 Å². The van der Waals surface area contributed by atoms with Crippen molar-refractivity contribution >= 4 is 23.2 Å². The van der Waals surface area contributed by atoms with Gasteiger partial charge in [-0.2, -0.15) is 0 Å². The lowest BCUT2D eigenvalue weighted by molar-refractivity contribution is -0.124. The Morgan fingerprint density at radius 1 is 1.12 bits per heavy atom. The predicted molar refractivity (Wildman–Crippen MR) is 101 cm³/mol. The first-order valence-corrected chi connectivity index (χ1v) is 9.07. The number of amides is 1. The lowest BCUT2D eigenvalue weighted by Crippen LogP contribution is -2.59. The molecule has 2 N–H and O–H groups in total. The molecule has 1 amide bonds. The van der Waals surface area contributed by atoms with Crippen molar-refractivity contribution in [3.8, 4) is 0 Å². The maximum Gasteiger partial charge on any atom is 0.244 e. The van der Waals surface area contributed by atoms with Gasteiger partial charge in [-0.05, 0) is 49.2 Å². The molecule has 1 spiro atoms. The predicted octanol–water partition coefficient (Wildman–Crippen LogP) is 3.44. The summed E-state index contributed by atoms with van der Waals surface area (Å²) in [5.74, 6) is 0.0580. The van der Waals surface area contributed by atoms with Gasteiger partial charge in [0, 0.05) is 23.8 Å². The highest BCUT2D eigenvalue weighted by molar-refractivity contribution is 6.30. The highest BCUT2D eigenvalue weighted by Crippen LogP contribution is 2.38. The van der Waals surface area contributed by atoms with Crippen LogP contribution in [0.5, 0.6) is 0 Å². The molecule has 0 aliphatic carbocycles. The molecule has 25 heavy (non-hydrogen) atoms. The second-order valence-corrected chi connectivity index (χ2v) is 7.50. The summed E-state index contributed by atoms with van der Waals surface area (Å²) in [6.07, 6.45) is 1.58. The molecule has 0 saturated carbocycles. The van der Waals surface area contributed by atoms with E-state index in [2.05, 4.69) is 34.7 Å². The monoisotopic (exact) mass is 355 g/mol. The first-order chi connectivity index (χ1) is 12.1. The van der Waals surface area contributed by atoms with Crippen LogP contribution in [-0.2, 0) is 4.79 Å². The van der Waals surface area contributed by atoms with Crippen LogP contribution in [0.15, 0.2) is 48.5 Å². The van der Waals surface area contributed by atoms with E-state index in [1.165, 1.54) is 0 Å². The molecule has 1 atom stereocenters. The number of hydrogen-bond donors (Lipinski definition) is 2. The number of hydrogen-bond acceptors (Lipinski definition) is 3. The fraction of sp³-hybridized carbons (Fsp3) is 0.350. The quantitative estimate of drug-likeness (QED) is 0.823. The van der Waals surface area contributed by atoms with Crippen LogP contribution in [0, 0.1) is 0 Å². The summed E-state index contributed by atoms with van der Waals surface area (Å²) in [5.41, 5.74) is 2.44. The van der Waals surface area contributed by atoms with Gasteiger partial charge in [0.2, 0.25) is 5.91 Å².